The maximum Gasteiger partial charge on any atom is 0.280 e. The Kier molecular flexibility index (Phi) is 9.66. The number of fused-ring (bicyclic) bond motifs is 1. The SMILES string of the molecule is CCCCCC(=O)CC(CC(=O)CCCCC)OCn1cnc2c(=O)[nH]c(N)nc21. The van der Waals surface area contributed by atoms with Gasteiger partial charge in [0.05, 0.1) is 12.4 Å². The predicted octanol–water partition coefficient (Wildman–Crippen LogP) is 3.12. The first kappa shape index (κ1) is 23.7. The van der Waals surface area contributed by atoms with Crippen LogP contribution >= 0.6 is 0 Å². The van der Waals surface area contributed by atoms with E-state index in [2.05, 4.69) is 28.8 Å². The van der Waals surface area contributed by atoms with Crippen LogP contribution in [0.4, 0.5) is 5.95 Å². The number of imidazole rings is 1. The molecule has 2 aromatic rings. The second kappa shape index (κ2) is 12.2. The van der Waals surface area contributed by atoms with Crippen molar-refractivity contribution in [2.24, 2.45) is 0 Å². The molecule has 0 aliphatic carbocycles. The molecule has 0 aromatic carbocycles. The lowest BCUT2D eigenvalue weighted by molar-refractivity contribution is -0.127. The van der Waals surface area contributed by atoms with Crippen LogP contribution in [-0.2, 0) is 21.1 Å². The van der Waals surface area contributed by atoms with Crippen molar-refractivity contribution in [1.29, 1.82) is 0 Å². The van der Waals surface area contributed by atoms with Gasteiger partial charge in [0.1, 0.15) is 18.3 Å². The van der Waals surface area contributed by atoms with Crippen molar-refractivity contribution in [3.8, 4) is 0 Å². The van der Waals surface area contributed by atoms with Gasteiger partial charge in [-0.2, -0.15) is 4.98 Å². The first-order chi connectivity index (χ1) is 14.4. The van der Waals surface area contributed by atoms with Gasteiger partial charge in [0.25, 0.3) is 5.56 Å². The van der Waals surface area contributed by atoms with Gasteiger partial charge in [0.2, 0.25) is 5.95 Å². The number of hydrogen-bond acceptors (Lipinski definition) is 7. The molecule has 166 valence electrons. The molecule has 0 aliphatic rings. The minimum atomic E-state index is -0.509. The smallest absolute Gasteiger partial charge is 0.280 e. The van der Waals surface area contributed by atoms with E-state index < -0.39 is 11.7 Å². The fourth-order valence-corrected chi connectivity index (χ4v) is 3.30. The average molecular weight is 420 g/mol. The number of nitrogens with zero attached hydrogens (tertiary/aromatic N) is 3. The molecule has 9 nitrogen and oxygen atoms in total. The number of carbonyl (C=O) groups is 2. The molecule has 0 unspecified atom stereocenters. The quantitative estimate of drug-likeness (QED) is 0.424. The molecular weight excluding hydrogens is 386 g/mol. The van der Waals surface area contributed by atoms with Crippen molar-refractivity contribution in [2.75, 3.05) is 5.73 Å². The molecular formula is C21H33N5O4. The minimum Gasteiger partial charge on any atom is -0.369 e. The zero-order chi connectivity index (χ0) is 21.9. The number of carbonyl (C=O) groups excluding carboxylic acids is 2. The lowest BCUT2D eigenvalue weighted by atomic mass is 10.0. The summed E-state index contributed by atoms with van der Waals surface area (Å²) in [4.78, 5) is 47.2. The second-order valence-electron chi connectivity index (χ2n) is 7.66. The summed E-state index contributed by atoms with van der Waals surface area (Å²) in [6.45, 7) is 4.21. The highest BCUT2D eigenvalue weighted by atomic mass is 16.5. The molecule has 3 N–H and O–H groups in total. The van der Waals surface area contributed by atoms with Gasteiger partial charge in [-0.1, -0.05) is 39.5 Å². The number of nitrogen functional groups attached to an aromatic ring is 1. The van der Waals surface area contributed by atoms with E-state index >= 15 is 0 Å². The number of anilines is 1. The van der Waals surface area contributed by atoms with E-state index in [9.17, 15) is 14.4 Å². The molecule has 0 fully saturated rings. The van der Waals surface area contributed by atoms with Gasteiger partial charge >= 0.3 is 0 Å². The van der Waals surface area contributed by atoms with Gasteiger partial charge in [-0.3, -0.25) is 23.9 Å². The fourth-order valence-electron chi connectivity index (χ4n) is 3.30. The van der Waals surface area contributed by atoms with Gasteiger partial charge in [-0.05, 0) is 12.8 Å². The molecule has 0 radical (unpaired) electrons. The third-order valence-corrected chi connectivity index (χ3v) is 4.97. The predicted molar refractivity (Wildman–Crippen MR) is 115 cm³/mol. The Hall–Kier alpha value is -2.55. The number of nitrogens with two attached hydrogens (primary N) is 1. The highest BCUT2D eigenvalue weighted by molar-refractivity contribution is 5.82. The Morgan fingerprint density at radius 3 is 2.27 bits per heavy atom. The highest BCUT2D eigenvalue weighted by Crippen LogP contribution is 2.15. The molecule has 0 saturated heterocycles. The summed E-state index contributed by atoms with van der Waals surface area (Å²) in [5.74, 6) is 0.191. The number of aromatic nitrogens is 4. The van der Waals surface area contributed by atoms with Gasteiger partial charge in [-0.25, -0.2) is 4.98 Å². The Balaban J connectivity index is 2.03. The monoisotopic (exact) mass is 419 g/mol. The molecule has 9 heteroatoms. The van der Waals surface area contributed by atoms with Gasteiger partial charge in [0, 0.05) is 25.7 Å². The van der Waals surface area contributed by atoms with Crippen LogP contribution in [-0.4, -0.2) is 37.2 Å². The third-order valence-electron chi connectivity index (χ3n) is 4.97. The summed E-state index contributed by atoms with van der Waals surface area (Å²) in [6, 6.07) is 0. The van der Waals surface area contributed by atoms with E-state index in [4.69, 9.17) is 10.5 Å². The summed E-state index contributed by atoms with van der Waals surface area (Å²) in [5.41, 5.74) is 5.66. The van der Waals surface area contributed by atoms with Crippen LogP contribution in [0, 0.1) is 0 Å². The van der Waals surface area contributed by atoms with E-state index in [0.29, 0.717) is 18.5 Å². The number of ether oxygens (including phenoxy) is 1. The summed E-state index contributed by atoms with van der Waals surface area (Å²) in [6.07, 6.45) is 8.15. The summed E-state index contributed by atoms with van der Waals surface area (Å²) < 4.78 is 7.47. The Bertz CT molecular complexity index is 865. The zero-order valence-electron chi connectivity index (χ0n) is 18.0. The number of ketones is 2. The molecule has 0 amide bonds. The number of nitrogens with one attached hydrogen (secondary N) is 1. The summed E-state index contributed by atoms with van der Waals surface area (Å²) in [5, 5.41) is 0. The zero-order valence-corrected chi connectivity index (χ0v) is 18.0. The van der Waals surface area contributed by atoms with E-state index in [1.807, 2.05) is 0 Å². The first-order valence-electron chi connectivity index (χ1n) is 10.8. The van der Waals surface area contributed by atoms with Crippen LogP contribution in [0.5, 0.6) is 0 Å². The minimum absolute atomic E-state index is 0.0111. The largest absolute Gasteiger partial charge is 0.369 e. The molecule has 0 saturated carbocycles. The fraction of sp³-hybridized carbons (Fsp3) is 0.667. The molecule has 0 bridgehead atoms. The van der Waals surface area contributed by atoms with E-state index in [0.717, 1.165) is 38.5 Å². The lowest BCUT2D eigenvalue weighted by Crippen LogP contribution is -2.23. The number of hydrogen-bond donors (Lipinski definition) is 2. The summed E-state index contributed by atoms with van der Waals surface area (Å²) in [7, 11) is 0. The van der Waals surface area contributed by atoms with Crippen molar-refractivity contribution in [3.05, 3.63) is 16.7 Å². The molecule has 2 heterocycles. The molecule has 2 aromatic heterocycles. The van der Waals surface area contributed by atoms with Crippen molar-refractivity contribution < 1.29 is 14.3 Å². The number of unbranched alkanes of at least 4 members (excludes halogenated alkanes) is 4. The standard InChI is InChI=1S/C21H33N5O4/c1-3-5-7-9-15(27)11-17(12-16(28)10-8-6-4-2)30-14-26-13-23-18-19(26)24-21(22)25-20(18)29/h13,17H,3-12,14H2,1-2H3,(H3,22,24,25,29). The molecule has 2 rings (SSSR count). The molecule has 0 spiro atoms. The van der Waals surface area contributed by atoms with Crippen molar-refractivity contribution >= 4 is 28.7 Å². The van der Waals surface area contributed by atoms with Crippen molar-refractivity contribution in [1.82, 2.24) is 19.5 Å². The maximum atomic E-state index is 12.3. The second-order valence-corrected chi connectivity index (χ2v) is 7.66. The number of Topliss-reactive ketones (excluding diaryl/α,β-unsaturated/α-hetero) is 2. The Morgan fingerprint density at radius 1 is 1.10 bits per heavy atom. The van der Waals surface area contributed by atoms with E-state index in [1.165, 1.54) is 6.33 Å². The third kappa shape index (κ3) is 7.37. The number of rotatable bonds is 15. The Morgan fingerprint density at radius 2 is 1.70 bits per heavy atom. The maximum absolute atomic E-state index is 12.3. The van der Waals surface area contributed by atoms with E-state index in [1.54, 1.807) is 4.57 Å². The Labute approximate surface area is 176 Å². The van der Waals surface area contributed by atoms with Gasteiger partial charge < -0.3 is 10.5 Å². The summed E-state index contributed by atoms with van der Waals surface area (Å²) >= 11 is 0. The molecule has 0 aliphatic heterocycles. The molecule has 0 atom stereocenters. The van der Waals surface area contributed by atoms with Crippen LogP contribution in [0.15, 0.2) is 11.1 Å². The topological polar surface area (TPSA) is 133 Å². The average Bonchev–Trinajstić information content (AvgIpc) is 3.09. The number of aromatic amines is 1. The van der Waals surface area contributed by atoms with Crippen LogP contribution in [0.25, 0.3) is 11.2 Å². The highest BCUT2D eigenvalue weighted by Gasteiger charge is 2.19. The van der Waals surface area contributed by atoms with Crippen LogP contribution in [0.1, 0.15) is 78.1 Å². The van der Waals surface area contributed by atoms with Gasteiger partial charge in [-0.15, -0.1) is 0 Å². The first-order valence-corrected chi connectivity index (χ1v) is 10.8. The van der Waals surface area contributed by atoms with Crippen molar-refractivity contribution in [2.45, 2.75) is 90.9 Å². The van der Waals surface area contributed by atoms with Crippen molar-refractivity contribution in [3.63, 3.8) is 0 Å². The van der Waals surface area contributed by atoms with Crippen LogP contribution in [0.2, 0.25) is 0 Å². The van der Waals surface area contributed by atoms with Crippen LogP contribution in [0.3, 0.4) is 0 Å². The van der Waals surface area contributed by atoms with E-state index in [-0.39, 0.29) is 42.6 Å². The molecule has 30 heavy (non-hydrogen) atoms. The van der Waals surface area contributed by atoms with Gasteiger partial charge in [0.15, 0.2) is 11.2 Å². The van der Waals surface area contributed by atoms with Crippen LogP contribution < -0.4 is 11.3 Å². The normalized spacial score (nSPS) is 11.4. The number of H-pyrrole nitrogens is 1. The lowest BCUT2D eigenvalue weighted by Gasteiger charge is -2.17.